The van der Waals surface area contributed by atoms with E-state index in [2.05, 4.69) is 5.32 Å². The van der Waals surface area contributed by atoms with Crippen LogP contribution in [0.2, 0.25) is 0 Å². The van der Waals surface area contributed by atoms with Gasteiger partial charge in [0, 0.05) is 6.07 Å². The van der Waals surface area contributed by atoms with Crippen molar-refractivity contribution in [3.63, 3.8) is 0 Å². The fourth-order valence-electron chi connectivity index (χ4n) is 2.09. The monoisotopic (exact) mass is 323 g/mol. The molecule has 6 heteroatoms. The molecule has 2 rings (SSSR count). The van der Waals surface area contributed by atoms with Gasteiger partial charge in [0.25, 0.3) is 5.91 Å². The van der Waals surface area contributed by atoms with Crippen molar-refractivity contribution in [3.8, 4) is 0 Å². The van der Waals surface area contributed by atoms with Gasteiger partial charge in [-0.05, 0) is 43.2 Å². The molecule has 0 aliphatic carbocycles. The van der Waals surface area contributed by atoms with E-state index in [1.54, 1.807) is 0 Å². The first-order chi connectivity index (χ1) is 10.7. The minimum absolute atomic E-state index is 0.141. The van der Waals surface area contributed by atoms with Crippen LogP contribution in [-0.2, 0) is 5.60 Å². The number of amides is 1. The lowest BCUT2D eigenvalue weighted by molar-refractivity contribution is 0.0524. The molecule has 2 aromatic carbocycles. The van der Waals surface area contributed by atoms with Gasteiger partial charge in [0.2, 0.25) is 0 Å². The zero-order valence-electron chi connectivity index (χ0n) is 12.7. The molecule has 0 saturated carbocycles. The fraction of sp³-hybridized carbons (Fsp3) is 0.235. The van der Waals surface area contributed by atoms with Crippen LogP contribution in [0.4, 0.5) is 13.2 Å². The Labute approximate surface area is 131 Å². The Kier molecular flexibility index (Phi) is 4.75. The van der Waals surface area contributed by atoms with Crippen molar-refractivity contribution in [2.24, 2.45) is 0 Å². The molecule has 0 saturated heterocycles. The summed E-state index contributed by atoms with van der Waals surface area (Å²) < 4.78 is 39.8. The number of aliphatic hydroxyl groups is 1. The molecule has 0 heterocycles. The molecule has 0 aliphatic rings. The molecule has 0 radical (unpaired) electrons. The summed E-state index contributed by atoms with van der Waals surface area (Å²) in [5, 5.41) is 12.7. The van der Waals surface area contributed by atoms with Gasteiger partial charge in [-0.1, -0.05) is 12.1 Å². The fourth-order valence-corrected chi connectivity index (χ4v) is 2.09. The number of hydrogen-bond acceptors (Lipinski definition) is 2. The van der Waals surface area contributed by atoms with Gasteiger partial charge in [0.05, 0.1) is 12.1 Å². The van der Waals surface area contributed by atoms with Crippen LogP contribution in [0.15, 0.2) is 36.4 Å². The normalized spacial score (nSPS) is 13.5. The van der Waals surface area contributed by atoms with E-state index >= 15 is 0 Å². The Morgan fingerprint density at radius 3 is 2.35 bits per heavy atom. The Morgan fingerprint density at radius 2 is 1.74 bits per heavy atom. The third kappa shape index (κ3) is 3.90. The predicted molar refractivity (Wildman–Crippen MR) is 79.4 cm³/mol. The highest BCUT2D eigenvalue weighted by Gasteiger charge is 2.25. The maximum atomic E-state index is 13.7. The van der Waals surface area contributed by atoms with E-state index < -0.39 is 29.0 Å². The van der Waals surface area contributed by atoms with E-state index in [-0.39, 0.29) is 17.7 Å². The molecule has 3 nitrogen and oxygen atoms in total. The van der Waals surface area contributed by atoms with Gasteiger partial charge in [0.1, 0.15) is 23.1 Å². The molecule has 23 heavy (non-hydrogen) atoms. The minimum Gasteiger partial charge on any atom is -0.384 e. The smallest absolute Gasteiger partial charge is 0.254 e. The third-order valence-electron chi connectivity index (χ3n) is 3.55. The molecular formula is C17H16F3NO2. The van der Waals surface area contributed by atoms with E-state index in [0.29, 0.717) is 11.6 Å². The molecule has 0 spiro atoms. The summed E-state index contributed by atoms with van der Waals surface area (Å²) in [7, 11) is 0. The van der Waals surface area contributed by atoms with Crippen molar-refractivity contribution in [3.05, 3.63) is 70.5 Å². The van der Waals surface area contributed by atoms with Crippen molar-refractivity contribution >= 4 is 5.91 Å². The zero-order chi connectivity index (χ0) is 17.2. The number of rotatable bonds is 4. The van der Waals surface area contributed by atoms with Gasteiger partial charge in [-0.25, -0.2) is 13.2 Å². The molecule has 2 aromatic rings. The zero-order valence-corrected chi connectivity index (χ0v) is 12.7. The number of hydrogen-bond donors (Lipinski definition) is 2. The van der Waals surface area contributed by atoms with Gasteiger partial charge in [-0.3, -0.25) is 4.79 Å². The second-order valence-corrected chi connectivity index (χ2v) is 5.54. The van der Waals surface area contributed by atoms with Crippen LogP contribution in [0.1, 0.15) is 28.4 Å². The molecular weight excluding hydrogens is 307 g/mol. The SMILES string of the molecule is Cc1cc(C(=O)NCC(C)(O)c2ccc(F)cc2)c(F)cc1F. The van der Waals surface area contributed by atoms with Gasteiger partial charge in [-0.2, -0.15) is 0 Å². The summed E-state index contributed by atoms with van der Waals surface area (Å²) in [6.45, 7) is 2.64. The van der Waals surface area contributed by atoms with Crippen LogP contribution in [-0.4, -0.2) is 17.6 Å². The summed E-state index contributed by atoms with van der Waals surface area (Å²) >= 11 is 0. The van der Waals surface area contributed by atoms with E-state index in [1.807, 2.05) is 0 Å². The standard InChI is InChI=1S/C17H16F3NO2/c1-10-7-13(15(20)8-14(10)19)16(22)21-9-17(2,23)11-3-5-12(18)6-4-11/h3-8,23H,9H2,1-2H3,(H,21,22). The maximum Gasteiger partial charge on any atom is 0.254 e. The Morgan fingerprint density at radius 1 is 1.13 bits per heavy atom. The Balaban J connectivity index is 2.12. The number of aryl methyl sites for hydroxylation is 1. The van der Waals surface area contributed by atoms with Gasteiger partial charge in [0.15, 0.2) is 0 Å². The molecule has 0 fully saturated rings. The van der Waals surface area contributed by atoms with Gasteiger partial charge < -0.3 is 10.4 Å². The quantitative estimate of drug-likeness (QED) is 0.908. The average Bonchev–Trinajstić information content (AvgIpc) is 2.49. The van der Waals surface area contributed by atoms with E-state index in [4.69, 9.17) is 0 Å². The van der Waals surface area contributed by atoms with Crippen molar-refractivity contribution in [2.75, 3.05) is 6.54 Å². The first kappa shape index (κ1) is 17.0. The summed E-state index contributed by atoms with van der Waals surface area (Å²) in [6.07, 6.45) is 0. The second-order valence-electron chi connectivity index (χ2n) is 5.54. The molecule has 2 N–H and O–H groups in total. The van der Waals surface area contributed by atoms with E-state index in [1.165, 1.54) is 38.1 Å². The summed E-state index contributed by atoms with van der Waals surface area (Å²) in [4.78, 5) is 12.0. The number of benzene rings is 2. The summed E-state index contributed by atoms with van der Waals surface area (Å²) in [6, 6.07) is 6.91. The van der Waals surface area contributed by atoms with E-state index in [9.17, 15) is 23.1 Å². The second kappa shape index (κ2) is 6.42. The largest absolute Gasteiger partial charge is 0.384 e. The van der Waals surface area contributed by atoms with Crippen LogP contribution in [0, 0.1) is 24.4 Å². The Hall–Kier alpha value is -2.34. The van der Waals surface area contributed by atoms with Crippen molar-refractivity contribution in [1.29, 1.82) is 0 Å². The highest BCUT2D eigenvalue weighted by molar-refractivity contribution is 5.94. The van der Waals surface area contributed by atoms with Crippen LogP contribution in [0.25, 0.3) is 0 Å². The third-order valence-corrected chi connectivity index (χ3v) is 3.55. The highest BCUT2D eigenvalue weighted by Crippen LogP contribution is 2.20. The minimum atomic E-state index is -1.46. The van der Waals surface area contributed by atoms with Crippen molar-refractivity contribution in [1.82, 2.24) is 5.32 Å². The van der Waals surface area contributed by atoms with Crippen LogP contribution >= 0.6 is 0 Å². The first-order valence-electron chi connectivity index (χ1n) is 6.93. The van der Waals surface area contributed by atoms with Crippen molar-refractivity contribution < 1.29 is 23.1 Å². The van der Waals surface area contributed by atoms with E-state index in [0.717, 1.165) is 6.07 Å². The molecule has 0 bridgehead atoms. The molecule has 1 amide bonds. The topological polar surface area (TPSA) is 49.3 Å². The molecule has 0 aliphatic heterocycles. The first-order valence-corrected chi connectivity index (χ1v) is 6.93. The van der Waals surface area contributed by atoms with Crippen LogP contribution in [0.3, 0.4) is 0 Å². The summed E-state index contributed by atoms with van der Waals surface area (Å²) in [5.74, 6) is -2.94. The van der Waals surface area contributed by atoms with Crippen LogP contribution in [0.5, 0.6) is 0 Å². The van der Waals surface area contributed by atoms with Crippen molar-refractivity contribution in [2.45, 2.75) is 19.4 Å². The lowest BCUT2D eigenvalue weighted by Crippen LogP contribution is -2.39. The maximum absolute atomic E-state index is 13.7. The molecule has 1 atom stereocenters. The lowest BCUT2D eigenvalue weighted by Gasteiger charge is -2.24. The number of halogens is 3. The lowest BCUT2D eigenvalue weighted by atomic mass is 9.96. The molecule has 122 valence electrons. The van der Waals surface area contributed by atoms with Gasteiger partial charge in [-0.15, -0.1) is 0 Å². The Bertz CT molecular complexity index is 727. The summed E-state index contributed by atoms with van der Waals surface area (Å²) in [5.41, 5.74) is -1.23. The van der Waals surface area contributed by atoms with Gasteiger partial charge >= 0.3 is 0 Å². The number of carbonyl (C=O) groups is 1. The highest BCUT2D eigenvalue weighted by atomic mass is 19.1. The number of nitrogens with one attached hydrogen (secondary N) is 1. The van der Waals surface area contributed by atoms with Crippen LogP contribution < -0.4 is 5.32 Å². The molecule has 1 unspecified atom stereocenters. The average molecular weight is 323 g/mol. The number of carbonyl (C=O) groups excluding carboxylic acids is 1. The predicted octanol–water partition coefficient (Wildman–Crippen LogP) is 3.05. The molecule has 0 aromatic heterocycles.